The van der Waals surface area contributed by atoms with E-state index in [1.54, 1.807) is 4.57 Å². The number of ether oxygens (including phenoxy) is 3. The van der Waals surface area contributed by atoms with Crippen molar-refractivity contribution in [2.24, 2.45) is 0 Å². The van der Waals surface area contributed by atoms with E-state index >= 15 is 0 Å². The molecule has 1 aromatic carbocycles. The fourth-order valence-electron chi connectivity index (χ4n) is 5.04. The number of nitrogens with one attached hydrogen (secondary N) is 1. The molecule has 2 aliphatic heterocycles. The quantitative estimate of drug-likeness (QED) is 0.277. The minimum absolute atomic E-state index is 0.0348. The van der Waals surface area contributed by atoms with Crippen molar-refractivity contribution in [3.63, 3.8) is 0 Å². The topological polar surface area (TPSA) is 91.7 Å². The van der Waals surface area contributed by atoms with Crippen molar-refractivity contribution >= 4 is 16.9 Å². The largest absolute Gasteiger partial charge is 0.494 e. The Morgan fingerprint density at radius 1 is 1.19 bits per heavy atom. The average Bonchev–Trinajstić information content (AvgIpc) is 3.26. The lowest BCUT2D eigenvalue weighted by molar-refractivity contribution is -0.159. The molecule has 1 unspecified atom stereocenters. The summed E-state index contributed by atoms with van der Waals surface area (Å²) in [6.45, 7) is 12.3. The van der Waals surface area contributed by atoms with Crippen molar-refractivity contribution in [3.8, 4) is 17.1 Å². The van der Waals surface area contributed by atoms with Crippen LogP contribution in [-0.4, -0.2) is 41.8 Å². The third-order valence-electron chi connectivity index (χ3n) is 6.76. The maximum atomic E-state index is 13.4. The maximum Gasteiger partial charge on any atom is 0.340 e. The van der Waals surface area contributed by atoms with E-state index in [0.717, 1.165) is 58.6 Å². The third-order valence-corrected chi connectivity index (χ3v) is 6.76. The van der Waals surface area contributed by atoms with Crippen molar-refractivity contribution in [1.29, 1.82) is 0 Å². The lowest BCUT2D eigenvalue weighted by Crippen LogP contribution is -2.33. The standard InChI is InChI=1S/C27H31N3O5.C2H6/c1-5-17-18-11-16(34-10-6-9-28-15(2)3)7-8-22(18)29-24-20(17)13-30-23(24)12-19-21(26(30)31)14-35-27(32)25(19)33-4;1-2/h7-8,11-12,15,25,28H,5-6,9-10,13-14H2,1-4H3;1-2H3. The molecule has 0 spiro atoms. The highest BCUT2D eigenvalue weighted by Crippen LogP contribution is 2.39. The monoisotopic (exact) mass is 507 g/mol. The van der Waals surface area contributed by atoms with Gasteiger partial charge >= 0.3 is 5.97 Å². The summed E-state index contributed by atoms with van der Waals surface area (Å²) in [5.74, 6) is 0.344. The molecule has 37 heavy (non-hydrogen) atoms. The summed E-state index contributed by atoms with van der Waals surface area (Å²) >= 11 is 0. The molecule has 0 saturated heterocycles. The first-order valence-electron chi connectivity index (χ1n) is 13.2. The van der Waals surface area contributed by atoms with E-state index < -0.39 is 12.1 Å². The molecular weight excluding hydrogens is 470 g/mol. The zero-order valence-corrected chi connectivity index (χ0v) is 22.6. The van der Waals surface area contributed by atoms with Crippen LogP contribution in [0.2, 0.25) is 0 Å². The Morgan fingerprint density at radius 2 is 1.97 bits per heavy atom. The molecule has 0 radical (unpaired) electrons. The number of cyclic esters (lactones) is 1. The van der Waals surface area contributed by atoms with E-state index in [1.807, 2.05) is 32.0 Å². The van der Waals surface area contributed by atoms with Crippen molar-refractivity contribution < 1.29 is 19.0 Å². The van der Waals surface area contributed by atoms with Crippen molar-refractivity contribution in [2.75, 3.05) is 20.3 Å². The van der Waals surface area contributed by atoms with Gasteiger partial charge in [0.25, 0.3) is 5.56 Å². The van der Waals surface area contributed by atoms with Gasteiger partial charge in [0.15, 0.2) is 6.10 Å². The lowest BCUT2D eigenvalue weighted by atomic mass is 9.97. The van der Waals surface area contributed by atoms with Crippen molar-refractivity contribution in [2.45, 2.75) is 72.8 Å². The molecule has 8 heteroatoms. The minimum Gasteiger partial charge on any atom is -0.494 e. The van der Waals surface area contributed by atoms with Gasteiger partial charge in [-0.15, -0.1) is 0 Å². The number of hydrogen-bond acceptors (Lipinski definition) is 7. The minimum atomic E-state index is -0.900. The number of rotatable bonds is 8. The second-order valence-corrected chi connectivity index (χ2v) is 9.34. The maximum absolute atomic E-state index is 13.4. The average molecular weight is 508 g/mol. The number of benzene rings is 1. The lowest BCUT2D eigenvalue weighted by Gasteiger charge is -2.24. The molecule has 3 aromatic rings. The van der Waals surface area contributed by atoms with Crippen LogP contribution in [0, 0.1) is 0 Å². The molecule has 5 rings (SSSR count). The van der Waals surface area contributed by atoms with Crippen LogP contribution in [0.25, 0.3) is 22.3 Å². The highest BCUT2D eigenvalue weighted by Gasteiger charge is 2.35. The van der Waals surface area contributed by atoms with Crippen LogP contribution in [0.4, 0.5) is 0 Å². The summed E-state index contributed by atoms with van der Waals surface area (Å²) in [6.07, 6.45) is 0.827. The predicted octanol–water partition coefficient (Wildman–Crippen LogP) is 4.53. The van der Waals surface area contributed by atoms with E-state index in [2.05, 4.69) is 32.2 Å². The Morgan fingerprint density at radius 3 is 2.68 bits per heavy atom. The second-order valence-electron chi connectivity index (χ2n) is 9.34. The first-order valence-corrected chi connectivity index (χ1v) is 13.2. The summed E-state index contributed by atoms with van der Waals surface area (Å²) in [4.78, 5) is 30.5. The van der Waals surface area contributed by atoms with Crippen LogP contribution in [0.15, 0.2) is 29.1 Å². The van der Waals surface area contributed by atoms with Gasteiger partial charge in [0.1, 0.15) is 12.4 Å². The van der Waals surface area contributed by atoms with Crippen LogP contribution in [0.5, 0.6) is 5.75 Å². The number of aromatic nitrogens is 2. The van der Waals surface area contributed by atoms with Gasteiger partial charge in [-0.25, -0.2) is 9.78 Å². The summed E-state index contributed by atoms with van der Waals surface area (Å²) in [6, 6.07) is 8.32. The molecule has 1 N–H and O–H groups in total. The van der Waals surface area contributed by atoms with Crippen LogP contribution in [0.1, 0.15) is 69.4 Å². The summed E-state index contributed by atoms with van der Waals surface area (Å²) in [5.41, 5.74) is 5.45. The molecule has 0 aliphatic carbocycles. The van der Waals surface area contributed by atoms with Gasteiger partial charge in [-0.3, -0.25) is 4.79 Å². The molecule has 4 heterocycles. The molecular formula is C29H37N3O5. The molecule has 0 fully saturated rings. The van der Waals surface area contributed by atoms with Crippen molar-refractivity contribution in [1.82, 2.24) is 14.9 Å². The zero-order chi connectivity index (χ0) is 26.7. The Labute approximate surface area is 218 Å². The van der Waals surface area contributed by atoms with Crippen LogP contribution < -0.4 is 15.6 Å². The zero-order valence-electron chi connectivity index (χ0n) is 22.6. The number of aryl methyl sites for hydroxylation is 1. The summed E-state index contributed by atoms with van der Waals surface area (Å²) in [5, 5.41) is 4.44. The molecule has 8 nitrogen and oxygen atoms in total. The Kier molecular flexibility index (Phi) is 8.29. The SMILES string of the molecule is CC.CCc1c2c(nc3ccc(OCCCNC(C)C)cc13)-c1cc3c(c(=O)n1C2)COC(=O)C3OC. The molecule has 1 atom stereocenters. The third kappa shape index (κ3) is 5.00. The van der Waals surface area contributed by atoms with E-state index in [0.29, 0.717) is 30.3 Å². The van der Waals surface area contributed by atoms with Crippen LogP contribution >= 0.6 is 0 Å². The number of carbonyl (C=O) groups is 1. The molecule has 0 amide bonds. The van der Waals surface area contributed by atoms with Gasteiger partial charge < -0.3 is 24.1 Å². The number of esters is 1. The van der Waals surface area contributed by atoms with Crippen LogP contribution in [-0.2, 0) is 33.8 Å². The fraction of sp³-hybridized carbons (Fsp3) is 0.483. The van der Waals surface area contributed by atoms with E-state index in [4.69, 9.17) is 19.2 Å². The fourth-order valence-corrected chi connectivity index (χ4v) is 5.04. The second kappa shape index (κ2) is 11.4. The highest BCUT2D eigenvalue weighted by atomic mass is 16.6. The summed E-state index contributed by atoms with van der Waals surface area (Å²) in [7, 11) is 1.45. The number of carbonyl (C=O) groups excluding carboxylic acids is 1. The Bertz CT molecular complexity index is 1360. The first-order chi connectivity index (χ1) is 17.9. The smallest absolute Gasteiger partial charge is 0.340 e. The number of hydrogen-bond donors (Lipinski definition) is 1. The Hall–Kier alpha value is -3.23. The molecule has 0 bridgehead atoms. The van der Waals surface area contributed by atoms with Gasteiger partial charge in [0.05, 0.1) is 35.6 Å². The predicted molar refractivity (Wildman–Crippen MR) is 144 cm³/mol. The molecule has 2 aliphatic rings. The summed E-state index contributed by atoms with van der Waals surface area (Å²) < 4.78 is 18.3. The van der Waals surface area contributed by atoms with Gasteiger partial charge in [-0.1, -0.05) is 34.6 Å². The number of methoxy groups -OCH3 is 1. The Balaban J connectivity index is 0.00000156. The molecule has 2 aromatic heterocycles. The molecule has 198 valence electrons. The number of nitrogens with zero attached hydrogens (tertiary/aromatic N) is 2. The van der Waals surface area contributed by atoms with Gasteiger partial charge in [-0.05, 0) is 49.2 Å². The van der Waals surface area contributed by atoms with E-state index in [1.165, 1.54) is 7.11 Å². The number of pyridine rings is 2. The number of fused-ring (bicyclic) bond motifs is 5. The van der Waals surface area contributed by atoms with E-state index in [-0.39, 0.29) is 12.2 Å². The van der Waals surface area contributed by atoms with Crippen LogP contribution in [0.3, 0.4) is 0 Å². The normalized spacial score (nSPS) is 15.5. The molecule has 0 saturated carbocycles. The first kappa shape index (κ1) is 26.8. The van der Waals surface area contributed by atoms with Gasteiger partial charge in [0.2, 0.25) is 0 Å². The van der Waals surface area contributed by atoms with Gasteiger partial charge in [-0.2, -0.15) is 0 Å². The van der Waals surface area contributed by atoms with Gasteiger partial charge in [0, 0.05) is 29.7 Å². The highest BCUT2D eigenvalue weighted by molar-refractivity contribution is 5.89. The van der Waals surface area contributed by atoms with E-state index in [9.17, 15) is 9.59 Å². The van der Waals surface area contributed by atoms with Crippen molar-refractivity contribution in [3.05, 3.63) is 56.9 Å².